The molecular formula is C6H21NdO12. The van der Waals surface area contributed by atoms with E-state index in [4.69, 9.17) is 29.7 Å². The second-order valence-corrected chi connectivity index (χ2v) is 1.47. The van der Waals surface area contributed by atoms with Crippen LogP contribution in [0, 0.1) is 40.8 Å². The molecule has 0 aromatic heterocycles. The van der Waals surface area contributed by atoms with E-state index in [1.807, 2.05) is 0 Å². The van der Waals surface area contributed by atoms with Crippen molar-refractivity contribution in [3.05, 3.63) is 0 Å². The van der Waals surface area contributed by atoms with Crippen molar-refractivity contribution in [2.24, 2.45) is 0 Å². The summed E-state index contributed by atoms with van der Waals surface area (Å²) in [6, 6.07) is 0. The van der Waals surface area contributed by atoms with E-state index in [-0.39, 0.29) is 73.7 Å². The minimum Gasteiger partial charge on any atom is -0.550 e. The van der Waals surface area contributed by atoms with Gasteiger partial charge in [0.2, 0.25) is 0 Å². The molecule has 0 atom stereocenters. The van der Waals surface area contributed by atoms with Crippen LogP contribution in [0.1, 0.15) is 20.8 Å². The molecule has 1 radical (unpaired) electrons. The summed E-state index contributed by atoms with van der Waals surface area (Å²) in [6.45, 7) is 2.92. The molecule has 0 heterocycles. The molecule has 0 saturated heterocycles. The van der Waals surface area contributed by atoms with Gasteiger partial charge in [0.15, 0.2) is 0 Å². The fourth-order valence-corrected chi connectivity index (χ4v) is 0. The Morgan fingerprint density at radius 2 is 0.526 bits per heavy atom. The predicted octanol–water partition coefficient (Wildman–Crippen LogP) is -8.68. The summed E-state index contributed by atoms with van der Waals surface area (Å²) in [6.07, 6.45) is 0. The first-order valence-corrected chi connectivity index (χ1v) is 2.72. The molecule has 13 heteroatoms. The third-order valence-corrected chi connectivity index (χ3v) is 0. The molecule has 0 aromatic rings. The maximum absolute atomic E-state index is 8.89. The van der Waals surface area contributed by atoms with Crippen LogP contribution in [0.15, 0.2) is 0 Å². The Morgan fingerprint density at radius 3 is 0.526 bits per heavy atom. The van der Waals surface area contributed by atoms with Crippen LogP contribution in [0.2, 0.25) is 0 Å². The van der Waals surface area contributed by atoms with Gasteiger partial charge in [-0.2, -0.15) is 0 Å². The first-order valence-electron chi connectivity index (χ1n) is 2.72. The van der Waals surface area contributed by atoms with Gasteiger partial charge in [-0.25, -0.2) is 0 Å². The van der Waals surface area contributed by atoms with Crippen molar-refractivity contribution in [2.45, 2.75) is 20.8 Å². The molecule has 0 spiro atoms. The predicted molar refractivity (Wildman–Crippen MR) is 53.7 cm³/mol. The summed E-state index contributed by atoms with van der Waals surface area (Å²) in [7, 11) is 0. The summed E-state index contributed by atoms with van der Waals surface area (Å²) >= 11 is 0. The van der Waals surface area contributed by atoms with E-state index in [0.29, 0.717) is 0 Å². The SMILES string of the molecule is CC(=O)[O-].CC(=O)[O-].CC(=O)[O-].O.O.O.O.O.O.[Nd+3]. The fourth-order valence-electron chi connectivity index (χ4n) is 0. The van der Waals surface area contributed by atoms with Crippen LogP contribution < -0.4 is 15.3 Å². The normalized spacial score (nSPS) is 3.95. The molecule has 0 unspecified atom stereocenters. The molecular weight excluding hydrogens is 408 g/mol. The summed E-state index contributed by atoms with van der Waals surface area (Å²) in [5.41, 5.74) is 0. The molecule has 0 aromatic carbocycles. The number of carboxylic acids is 3. The molecule has 0 rings (SSSR count). The maximum Gasteiger partial charge on any atom is 3.00 e. The molecule has 0 amide bonds. The topological polar surface area (TPSA) is 309 Å². The van der Waals surface area contributed by atoms with Crippen molar-refractivity contribution in [3.8, 4) is 0 Å². The first kappa shape index (κ1) is 78.3. The van der Waals surface area contributed by atoms with E-state index < -0.39 is 17.9 Å². The van der Waals surface area contributed by atoms with Gasteiger partial charge in [0, 0.05) is 17.9 Å². The van der Waals surface area contributed by atoms with Crippen molar-refractivity contribution in [1.82, 2.24) is 0 Å². The van der Waals surface area contributed by atoms with E-state index in [1.54, 1.807) is 0 Å². The number of carbonyl (C=O) groups excluding carboxylic acids is 3. The van der Waals surface area contributed by atoms with Crippen LogP contribution in [0.25, 0.3) is 0 Å². The van der Waals surface area contributed by atoms with Crippen LogP contribution >= 0.6 is 0 Å². The molecule has 12 nitrogen and oxygen atoms in total. The van der Waals surface area contributed by atoms with E-state index in [0.717, 1.165) is 20.8 Å². The fraction of sp³-hybridized carbons (Fsp3) is 0.500. The van der Waals surface area contributed by atoms with Gasteiger partial charge in [0.05, 0.1) is 0 Å². The third-order valence-electron chi connectivity index (χ3n) is 0. The average molecular weight is 429 g/mol. The largest absolute Gasteiger partial charge is 3.00 e. The molecule has 0 aliphatic carbocycles. The Labute approximate surface area is 141 Å². The van der Waals surface area contributed by atoms with Gasteiger partial charge in [-0.05, 0) is 20.8 Å². The van der Waals surface area contributed by atoms with Crippen LogP contribution in [-0.2, 0) is 14.4 Å². The van der Waals surface area contributed by atoms with Crippen LogP contribution in [0.4, 0.5) is 0 Å². The number of hydrogen-bond acceptors (Lipinski definition) is 6. The molecule has 12 N–H and O–H groups in total. The first-order chi connectivity index (χ1) is 5.20. The van der Waals surface area contributed by atoms with Crippen molar-refractivity contribution in [3.63, 3.8) is 0 Å². The summed E-state index contributed by atoms with van der Waals surface area (Å²) in [5.74, 6) is -3.25. The molecule has 0 saturated carbocycles. The zero-order valence-corrected chi connectivity index (χ0v) is 13.7. The molecule has 0 aliphatic rings. The molecule has 0 aliphatic heterocycles. The van der Waals surface area contributed by atoms with Crippen LogP contribution in [-0.4, -0.2) is 50.8 Å². The Bertz CT molecular complexity index is 120. The van der Waals surface area contributed by atoms with Gasteiger partial charge in [-0.15, -0.1) is 0 Å². The average Bonchev–Trinajstić information content (AvgIpc) is 1.54. The molecule has 19 heavy (non-hydrogen) atoms. The molecule has 121 valence electrons. The van der Waals surface area contributed by atoms with Crippen molar-refractivity contribution >= 4 is 17.9 Å². The number of aliphatic carboxylic acids is 3. The number of carboxylic acid groups (broad SMARTS) is 3. The molecule has 0 bridgehead atoms. The third kappa shape index (κ3) is 18400. The zero-order chi connectivity index (χ0) is 10.7. The van der Waals surface area contributed by atoms with Crippen LogP contribution in [0.3, 0.4) is 0 Å². The summed E-state index contributed by atoms with van der Waals surface area (Å²) in [5, 5.41) is 26.7. The Morgan fingerprint density at radius 1 is 0.526 bits per heavy atom. The Kier molecular flexibility index (Phi) is 271. The Hall–Kier alpha value is -0.479. The smallest absolute Gasteiger partial charge is 0.550 e. The van der Waals surface area contributed by atoms with E-state index in [9.17, 15) is 0 Å². The summed E-state index contributed by atoms with van der Waals surface area (Å²) in [4.78, 5) is 26.7. The second-order valence-electron chi connectivity index (χ2n) is 1.47. The van der Waals surface area contributed by atoms with Gasteiger partial charge in [0.25, 0.3) is 0 Å². The molecule has 0 fully saturated rings. The quantitative estimate of drug-likeness (QED) is 0.359. The monoisotopic (exact) mass is 427 g/mol. The van der Waals surface area contributed by atoms with E-state index >= 15 is 0 Å². The van der Waals surface area contributed by atoms with Crippen molar-refractivity contribution in [1.29, 1.82) is 0 Å². The van der Waals surface area contributed by atoms with E-state index in [2.05, 4.69) is 0 Å². The van der Waals surface area contributed by atoms with Crippen LogP contribution in [0.5, 0.6) is 0 Å². The maximum atomic E-state index is 8.89. The number of carbonyl (C=O) groups is 3. The van der Waals surface area contributed by atoms with Gasteiger partial charge >= 0.3 is 40.8 Å². The van der Waals surface area contributed by atoms with Gasteiger partial charge in [0.1, 0.15) is 0 Å². The minimum absolute atomic E-state index is 0. The standard InChI is InChI=1S/3C2H4O2.Nd.6H2O/c3*1-2(3)4;;;;;;;/h3*1H3,(H,3,4);;6*1H2/q;;;+3;;;;;;/p-3. The zero-order valence-electron chi connectivity index (χ0n) is 10.4. The summed E-state index contributed by atoms with van der Waals surface area (Å²) < 4.78 is 0. The Balaban J connectivity index is -0.00000000675. The van der Waals surface area contributed by atoms with E-state index in [1.165, 1.54) is 0 Å². The van der Waals surface area contributed by atoms with Gasteiger partial charge in [-0.1, -0.05) is 0 Å². The van der Waals surface area contributed by atoms with Crippen molar-refractivity contribution < 1.29 is 103 Å². The number of rotatable bonds is 0. The minimum atomic E-state index is -1.08. The second kappa shape index (κ2) is 65.9. The number of hydrogen-bond donors (Lipinski definition) is 0. The van der Waals surface area contributed by atoms with Crippen molar-refractivity contribution in [2.75, 3.05) is 0 Å². The van der Waals surface area contributed by atoms with Gasteiger partial charge < -0.3 is 62.6 Å². The van der Waals surface area contributed by atoms with Gasteiger partial charge in [-0.3, -0.25) is 0 Å².